The summed E-state index contributed by atoms with van der Waals surface area (Å²) >= 11 is 5.89. The van der Waals surface area contributed by atoms with Gasteiger partial charge in [0.25, 0.3) is 5.91 Å². The third-order valence-corrected chi connectivity index (χ3v) is 5.40. The van der Waals surface area contributed by atoms with E-state index in [4.69, 9.17) is 17.3 Å². The van der Waals surface area contributed by atoms with Crippen LogP contribution in [0.2, 0.25) is 5.02 Å². The molecule has 34 heavy (non-hydrogen) atoms. The molecule has 0 aromatic heterocycles. The summed E-state index contributed by atoms with van der Waals surface area (Å²) in [5, 5.41) is 16.9. The van der Waals surface area contributed by atoms with Crippen molar-refractivity contribution >= 4 is 29.3 Å². The van der Waals surface area contributed by atoms with Crippen molar-refractivity contribution < 1.29 is 33.1 Å². The zero-order valence-electron chi connectivity index (χ0n) is 18.1. The van der Waals surface area contributed by atoms with Crippen molar-refractivity contribution in [2.45, 2.75) is 31.7 Å². The number of amides is 2. The molecule has 0 bridgehead atoms. The minimum Gasteiger partial charge on any atom is -0.435 e. The quantitative estimate of drug-likeness (QED) is 0.277. The maximum Gasteiger partial charge on any atom is 0.387 e. The average molecular weight is 497 g/mol. The molecule has 2 aromatic carbocycles. The first-order valence-corrected chi connectivity index (χ1v) is 10.5. The second-order valence-electron chi connectivity index (χ2n) is 7.41. The van der Waals surface area contributed by atoms with Crippen LogP contribution in [0.5, 0.6) is 5.75 Å². The first-order valence-electron chi connectivity index (χ1n) is 10.2. The number of hydrogen-bond acceptors (Lipinski definition) is 6. The number of carbonyl (C=O) groups excluding carboxylic acids is 2. The van der Waals surface area contributed by atoms with E-state index in [2.05, 4.69) is 20.0 Å². The van der Waals surface area contributed by atoms with Crippen molar-refractivity contribution in [3.63, 3.8) is 0 Å². The number of aliphatic hydroxyl groups excluding tert-OH is 1. The van der Waals surface area contributed by atoms with Gasteiger partial charge in [0.1, 0.15) is 18.9 Å². The van der Waals surface area contributed by atoms with Crippen LogP contribution < -0.4 is 15.8 Å². The van der Waals surface area contributed by atoms with Crippen LogP contribution in [0.25, 0.3) is 0 Å². The van der Waals surface area contributed by atoms with E-state index in [1.54, 1.807) is 24.3 Å². The molecule has 3 rings (SSSR count). The van der Waals surface area contributed by atoms with Gasteiger partial charge < -0.3 is 30.6 Å². The molecule has 2 aromatic rings. The fourth-order valence-electron chi connectivity index (χ4n) is 3.39. The molecule has 1 fully saturated rings. The lowest BCUT2D eigenvalue weighted by Crippen LogP contribution is -2.59. The Kier molecular flexibility index (Phi) is 8.24. The van der Waals surface area contributed by atoms with Crippen molar-refractivity contribution in [2.24, 2.45) is 10.9 Å². The van der Waals surface area contributed by atoms with Crippen LogP contribution in [0.4, 0.5) is 8.78 Å². The number of likely N-dealkylation sites (tertiary alicyclic amines) is 1. The number of halogens is 3. The standard InChI is InChI=1S/C22H23ClF2N4O5/c1-33-28-19(26)13-4-2-12(3-5-13)11-27-20(31)17-6-7-29(17)21(32)18(30)14-8-15(23)10-16(9-14)34-22(24)25/h2-5,8-10,17-18,22,30H,6-7,11H2,1H3,(H2,26,28)(H,27,31)/t17-,18?/m0/s1. The highest BCUT2D eigenvalue weighted by Crippen LogP contribution is 2.29. The number of nitrogens with one attached hydrogen (secondary N) is 1. The number of nitrogens with two attached hydrogens (primary N) is 1. The Labute approximate surface area is 199 Å². The van der Waals surface area contributed by atoms with Crippen molar-refractivity contribution in [3.05, 3.63) is 64.2 Å². The Hall–Kier alpha value is -3.44. The van der Waals surface area contributed by atoms with Gasteiger partial charge in [-0.2, -0.15) is 8.78 Å². The monoisotopic (exact) mass is 496 g/mol. The number of carbonyl (C=O) groups is 2. The van der Waals surface area contributed by atoms with Crippen molar-refractivity contribution in [3.8, 4) is 5.75 Å². The van der Waals surface area contributed by atoms with Crippen molar-refractivity contribution in [2.75, 3.05) is 13.7 Å². The summed E-state index contributed by atoms with van der Waals surface area (Å²) in [7, 11) is 1.39. The summed E-state index contributed by atoms with van der Waals surface area (Å²) in [6, 6.07) is 9.73. The second kappa shape index (κ2) is 11.1. The summed E-state index contributed by atoms with van der Waals surface area (Å²) in [6.07, 6.45) is -1.27. The Bertz CT molecular complexity index is 1070. The molecule has 9 nitrogen and oxygen atoms in total. The Balaban J connectivity index is 1.59. The molecule has 1 aliphatic rings. The zero-order chi connectivity index (χ0) is 24.8. The van der Waals surface area contributed by atoms with Gasteiger partial charge in [0.05, 0.1) is 0 Å². The maximum atomic E-state index is 12.7. The summed E-state index contributed by atoms with van der Waals surface area (Å²) in [6.45, 7) is -2.61. The topological polar surface area (TPSA) is 126 Å². The number of rotatable bonds is 9. The molecule has 12 heteroatoms. The van der Waals surface area contributed by atoms with E-state index in [9.17, 15) is 23.5 Å². The second-order valence-corrected chi connectivity index (χ2v) is 7.85. The molecule has 0 radical (unpaired) electrons. The van der Waals surface area contributed by atoms with Gasteiger partial charge in [0, 0.05) is 23.7 Å². The van der Waals surface area contributed by atoms with E-state index >= 15 is 0 Å². The Morgan fingerprint density at radius 1 is 1.29 bits per heavy atom. The van der Waals surface area contributed by atoms with Crippen LogP contribution >= 0.6 is 11.6 Å². The van der Waals surface area contributed by atoms with Crippen molar-refractivity contribution in [1.82, 2.24) is 10.2 Å². The van der Waals surface area contributed by atoms with Crippen LogP contribution in [0.15, 0.2) is 47.6 Å². The molecule has 2 atom stereocenters. The normalized spacial score (nSPS) is 16.6. The molecule has 0 spiro atoms. The molecular weight excluding hydrogens is 474 g/mol. The number of amidine groups is 1. The summed E-state index contributed by atoms with van der Waals surface area (Å²) in [5.41, 5.74) is 7.18. The zero-order valence-corrected chi connectivity index (χ0v) is 18.8. The van der Waals surface area contributed by atoms with Gasteiger partial charge in [-0.3, -0.25) is 9.59 Å². The highest BCUT2D eigenvalue weighted by molar-refractivity contribution is 6.30. The van der Waals surface area contributed by atoms with E-state index in [-0.39, 0.29) is 41.2 Å². The first kappa shape index (κ1) is 25.2. The predicted molar refractivity (Wildman–Crippen MR) is 119 cm³/mol. The lowest BCUT2D eigenvalue weighted by molar-refractivity contribution is -0.154. The van der Waals surface area contributed by atoms with Gasteiger partial charge in [-0.25, -0.2) is 0 Å². The highest BCUT2D eigenvalue weighted by atomic mass is 35.5. The molecule has 1 heterocycles. The molecular formula is C22H23ClF2N4O5. The Morgan fingerprint density at radius 2 is 2.00 bits per heavy atom. The van der Waals surface area contributed by atoms with Crippen LogP contribution in [-0.2, 0) is 21.0 Å². The van der Waals surface area contributed by atoms with E-state index < -0.39 is 24.7 Å². The Morgan fingerprint density at radius 3 is 2.59 bits per heavy atom. The number of hydrogen-bond donors (Lipinski definition) is 3. The van der Waals surface area contributed by atoms with Crippen LogP contribution in [-0.4, -0.2) is 54.0 Å². The predicted octanol–water partition coefficient (Wildman–Crippen LogP) is 2.16. The number of alkyl halides is 2. The summed E-state index contributed by atoms with van der Waals surface area (Å²) in [4.78, 5) is 31.2. The molecule has 2 amide bonds. The third kappa shape index (κ3) is 6.12. The van der Waals surface area contributed by atoms with Crippen LogP contribution in [0.1, 0.15) is 29.2 Å². The van der Waals surface area contributed by atoms with Gasteiger partial charge in [-0.15, -0.1) is 0 Å². The first-order chi connectivity index (χ1) is 16.2. The minimum absolute atomic E-state index is 0.0131. The number of nitrogens with zero attached hydrogens (tertiary/aromatic N) is 2. The number of oxime groups is 1. The number of aliphatic hydroxyl groups is 1. The summed E-state index contributed by atoms with van der Waals surface area (Å²) < 4.78 is 29.3. The molecule has 0 saturated carbocycles. The molecule has 1 aliphatic heterocycles. The molecule has 1 saturated heterocycles. The minimum atomic E-state index is -3.09. The highest BCUT2D eigenvalue weighted by Gasteiger charge is 2.40. The fourth-order valence-corrected chi connectivity index (χ4v) is 3.62. The third-order valence-electron chi connectivity index (χ3n) is 5.18. The van der Waals surface area contributed by atoms with Gasteiger partial charge in [-0.05, 0) is 35.7 Å². The van der Waals surface area contributed by atoms with Gasteiger partial charge in [0.2, 0.25) is 5.91 Å². The summed E-state index contributed by atoms with van der Waals surface area (Å²) in [5.74, 6) is -1.20. The van der Waals surface area contributed by atoms with Gasteiger partial charge in [0.15, 0.2) is 11.9 Å². The van der Waals surface area contributed by atoms with Crippen LogP contribution in [0, 0.1) is 0 Å². The fraction of sp³-hybridized carbons (Fsp3) is 0.318. The van der Waals surface area contributed by atoms with Crippen LogP contribution in [0.3, 0.4) is 0 Å². The van der Waals surface area contributed by atoms with Gasteiger partial charge >= 0.3 is 6.61 Å². The smallest absolute Gasteiger partial charge is 0.387 e. The lowest BCUT2D eigenvalue weighted by Gasteiger charge is -2.40. The maximum absolute atomic E-state index is 12.7. The number of ether oxygens (including phenoxy) is 1. The number of benzene rings is 2. The lowest BCUT2D eigenvalue weighted by atomic mass is 9.98. The van der Waals surface area contributed by atoms with E-state index in [1.807, 2.05) is 0 Å². The molecule has 1 unspecified atom stereocenters. The van der Waals surface area contributed by atoms with Crippen molar-refractivity contribution in [1.29, 1.82) is 0 Å². The van der Waals surface area contributed by atoms with E-state index in [0.29, 0.717) is 12.0 Å². The van der Waals surface area contributed by atoms with E-state index in [0.717, 1.165) is 17.7 Å². The molecule has 4 N–H and O–H groups in total. The average Bonchev–Trinajstić information content (AvgIpc) is 2.76. The SMILES string of the molecule is CO/N=C(\N)c1ccc(CNC(=O)[C@@H]2CCN2C(=O)C(O)c2cc(Cl)cc(OC(F)F)c2)cc1. The largest absolute Gasteiger partial charge is 0.435 e. The van der Waals surface area contributed by atoms with E-state index in [1.165, 1.54) is 18.1 Å². The molecule has 182 valence electrons. The molecule has 0 aliphatic carbocycles. The van der Waals surface area contributed by atoms with Gasteiger partial charge in [-0.1, -0.05) is 41.0 Å².